The zero-order valence-corrected chi connectivity index (χ0v) is 10.9. The lowest BCUT2D eigenvalue weighted by molar-refractivity contribution is -0.0439. The highest BCUT2D eigenvalue weighted by Gasteiger charge is 2.36. The van der Waals surface area contributed by atoms with Crippen molar-refractivity contribution in [3.05, 3.63) is 17.3 Å². The maximum atomic E-state index is 9.75. The number of halogens is 1. The fraction of sp³-hybridized carbons (Fsp3) is 0.500. The predicted molar refractivity (Wildman–Crippen MR) is 64.6 cm³/mol. The lowest BCUT2D eigenvalue weighted by Crippen LogP contribution is -2.24. The first kappa shape index (κ1) is 12.0. The maximum Gasteiger partial charge on any atom is 0.181 e. The van der Waals surface area contributed by atoms with Crippen LogP contribution >= 0.6 is 15.9 Å². The normalized spacial score (nSPS) is 28.1. The van der Waals surface area contributed by atoms with Gasteiger partial charge in [0.15, 0.2) is 10.4 Å². The zero-order valence-electron chi connectivity index (χ0n) is 9.27. The van der Waals surface area contributed by atoms with Crippen molar-refractivity contribution in [1.29, 1.82) is 0 Å². The van der Waals surface area contributed by atoms with Crippen molar-refractivity contribution in [2.45, 2.75) is 24.9 Å². The molecular weight excluding hydrogens is 304 g/mol. The summed E-state index contributed by atoms with van der Waals surface area (Å²) >= 11 is 3.34. The number of rotatable bonds is 2. The van der Waals surface area contributed by atoms with Gasteiger partial charge >= 0.3 is 0 Å². The van der Waals surface area contributed by atoms with Crippen LogP contribution in [0.1, 0.15) is 12.6 Å². The number of hydrogen-bond donors (Lipinski definition) is 2. The van der Waals surface area contributed by atoms with Gasteiger partial charge in [0.2, 0.25) is 0 Å². The first-order valence-electron chi connectivity index (χ1n) is 5.48. The molecular formula is C10H11BrN4O3. The number of nitrogens with zero attached hydrogens (tertiary/aromatic N) is 4. The molecule has 3 heterocycles. The summed E-state index contributed by atoms with van der Waals surface area (Å²) in [5, 5.41) is 18.8. The molecule has 7 nitrogen and oxygen atoms in total. The van der Waals surface area contributed by atoms with Crippen molar-refractivity contribution in [2.24, 2.45) is 0 Å². The lowest BCUT2D eigenvalue weighted by atomic mass is 10.2. The molecule has 2 aromatic heterocycles. The molecule has 2 aromatic rings. The highest BCUT2D eigenvalue weighted by atomic mass is 79.9. The Morgan fingerprint density at radius 2 is 2.39 bits per heavy atom. The van der Waals surface area contributed by atoms with Crippen molar-refractivity contribution < 1.29 is 14.9 Å². The Bertz CT molecular complexity index is 575. The van der Waals surface area contributed by atoms with Crippen LogP contribution < -0.4 is 0 Å². The van der Waals surface area contributed by atoms with Crippen molar-refractivity contribution in [1.82, 2.24) is 19.5 Å². The largest absolute Gasteiger partial charge is 0.394 e. The second-order valence-electron chi connectivity index (χ2n) is 4.10. The van der Waals surface area contributed by atoms with Gasteiger partial charge in [-0.2, -0.15) is 0 Å². The average molecular weight is 315 g/mol. The topological polar surface area (TPSA) is 93.3 Å². The molecule has 0 amide bonds. The van der Waals surface area contributed by atoms with E-state index in [0.717, 1.165) is 0 Å². The van der Waals surface area contributed by atoms with Gasteiger partial charge in [-0.05, 0) is 15.9 Å². The molecule has 1 aliphatic heterocycles. The molecule has 0 aliphatic carbocycles. The van der Waals surface area contributed by atoms with E-state index in [1.165, 1.54) is 6.33 Å². The summed E-state index contributed by atoms with van der Waals surface area (Å²) < 4.78 is 7.90. The molecule has 96 valence electrons. The van der Waals surface area contributed by atoms with Gasteiger partial charge in [0.1, 0.15) is 24.2 Å². The monoisotopic (exact) mass is 314 g/mol. The molecule has 0 unspecified atom stereocenters. The van der Waals surface area contributed by atoms with Gasteiger partial charge in [0.25, 0.3) is 0 Å². The first-order chi connectivity index (χ1) is 8.70. The Balaban J connectivity index is 2.02. The van der Waals surface area contributed by atoms with Crippen molar-refractivity contribution in [3.63, 3.8) is 0 Å². The van der Waals surface area contributed by atoms with Crippen molar-refractivity contribution in [3.8, 4) is 0 Å². The van der Waals surface area contributed by atoms with Crippen LogP contribution in [0.2, 0.25) is 0 Å². The van der Waals surface area contributed by atoms with Gasteiger partial charge in [-0.15, -0.1) is 0 Å². The Morgan fingerprint density at radius 3 is 3.11 bits per heavy atom. The molecule has 0 radical (unpaired) electrons. The van der Waals surface area contributed by atoms with Gasteiger partial charge in [0.05, 0.1) is 18.9 Å². The van der Waals surface area contributed by atoms with E-state index in [-0.39, 0.29) is 6.61 Å². The fourth-order valence-corrected chi connectivity index (χ4v) is 2.70. The first-order valence-corrected chi connectivity index (χ1v) is 6.28. The van der Waals surface area contributed by atoms with Crippen molar-refractivity contribution in [2.75, 3.05) is 6.61 Å². The lowest BCUT2D eigenvalue weighted by Gasteiger charge is -2.14. The van der Waals surface area contributed by atoms with Gasteiger partial charge in [0, 0.05) is 6.42 Å². The molecule has 0 saturated carbocycles. The van der Waals surface area contributed by atoms with E-state index in [9.17, 15) is 5.11 Å². The van der Waals surface area contributed by atoms with Crippen LogP contribution in [0.4, 0.5) is 0 Å². The predicted octanol–water partition coefficient (Wildman–Crippen LogP) is 0.229. The number of ether oxygens (including phenoxy) is 1. The molecule has 0 aromatic carbocycles. The maximum absolute atomic E-state index is 9.75. The van der Waals surface area contributed by atoms with E-state index in [1.807, 2.05) is 0 Å². The summed E-state index contributed by atoms with van der Waals surface area (Å²) in [5.74, 6) is 0. The molecule has 0 spiro atoms. The molecule has 1 saturated heterocycles. The van der Waals surface area contributed by atoms with Crippen LogP contribution in [0, 0.1) is 0 Å². The Kier molecular flexibility index (Phi) is 3.02. The zero-order chi connectivity index (χ0) is 12.7. The molecule has 1 aliphatic rings. The van der Waals surface area contributed by atoms with E-state index >= 15 is 0 Å². The van der Waals surface area contributed by atoms with E-state index < -0.39 is 18.4 Å². The van der Waals surface area contributed by atoms with E-state index in [4.69, 9.17) is 9.84 Å². The molecule has 3 rings (SSSR count). The molecule has 8 heteroatoms. The third-order valence-electron chi connectivity index (χ3n) is 2.98. The Labute approximate surface area is 111 Å². The second-order valence-corrected chi connectivity index (χ2v) is 4.81. The summed E-state index contributed by atoms with van der Waals surface area (Å²) in [6, 6.07) is 0. The third-order valence-corrected chi connectivity index (χ3v) is 3.54. The summed E-state index contributed by atoms with van der Waals surface area (Å²) in [6.07, 6.45) is 1.78. The van der Waals surface area contributed by atoms with Crippen molar-refractivity contribution >= 4 is 27.1 Å². The summed E-state index contributed by atoms with van der Waals surface area (Å²) in [6.45, 7) is -0.211. The standard InChI is InChI=1S/C10H11BrN4O3/c11-10-14-5-2-12-4-13-9(5)15(10)8-1-6(17)7(3-16)18-8/h2,4,6-8,16-17H,1,3H2/t6-,7+,8+/m1/s1. The van der Waals surface area contributed by atoms with Crippen LogP contribution in [-0.4, -0.2) is 48.5 Å². The molecule has 0 bridgehead atoms. The summed E-state index contributed by atoms with van der Waals surface area (Å²) in [4.78, 5) is 12.3. The quantitative estimate of drug-likeness (QED) is 0.771. The Hall–Kier alpha value is -1.09. The SMILES string of the molecule is OC[C@@H]1O[C@H](n2c(Br)nc3cncnc32)C[C@H]1O. The van der Waals surface area contributed by atoms with E-state index in [1.54, 1.807) is 10.8 Å². The Morgan fingerprint density at radius 1 is 1.56 bits per heavy atom. The minimum atomic E-state index is -0.689. The summed E-state index contributed by atoms with van der Waals surface area (Å²) in [7, 11) is 0. The van der Waals surface area contributed by atoms with Crippen LogP contribution in [0.25, 0.3) is 11.2 Å². The van der Waals surface area contributed by atoms with Gasteiger partial charge in [-0.25, -0.2) is 15.0 Å². The highest BCUT2D eigenvalue weighted by Crippen LogP contribution is 2.33. The summed E-state index contributed by atoms with van der Waals surface area (Å²) in [5.41, 5.74) is 1.28. The number of imidazole rings is 1. The minimum absolute atomic E-state index is 0.211. The third kappa shape index (κ3) is 1.81. The van der Waals surface area contributed by atoms with Gasteiger partial charge in [-0.1, -0.05) is 0 Å². The smallest absolute Gasteiger partial charge is 0.181 e. The average Bonchev–Trinajstić information content (AvgIpc) is 2.88. The van der Waals surface area contributed by atoms with Crippen LogP contribution in [0.3, 0.4) is 0 Å². The molecule has 3 atom stereocenters. The number of fused-ring (bicyclic) bond motifs is 1. The molecule has 2 N–H and O–H groups in total. The number of aliphatic hydroxyl groups is 2. The minimum Gasteiger partial charge on any atom is -0.394 e. The number of hydrogen-bond acceptors (Lipinski definition) is 6. The molecule has 18 heavy (non-hydrogen) atoms. The highest BCUT2D eigenvalue weighted by molar-refractivity contribution is 9.10. The van der Waals surface area contributed by atoms with Gasteiger partial charge in [-0.3, -0.25) is 4.57 Å². The van der Waals surface area contributed by atoms with Crippen LogP contribution in [-0.2, 0) is 4.74 Å². The van der Waals surface area contributed by atoms with Crippen LogP contribution in [0.15, 0.2) is 17.3 Å². The number of aromatic nitrogens is 4. The fourth-order valence-electron chi connectivity index (χ4n) is 2.11. The van der Waals surface area contributed by atoms with Crippen LogP contribution in [0.5, 0.6) is 0 Å². The van der Waals surface area contributed by atoms with E-state index in [0.29, 0.717) is 22.3 Å². The van der Waals surface area contributed by atoms with Gasteiger partial charge < -0.3 is 14.9 Å². The molecule has 1 fully saturated rings. The van der Waals surface area contributed by atoms with E-state index in [2.05, 4.69) is 30.9 Å². The number of aliphatic hydroxyl groups excluding tert-OH is 2. The second kappa shape index (κ2) is 4.54.